The first-order valence-electron chi connectivity index (χ1n) is 8.05. The van der Waals surface area contributed by atoms with E-state index in [1.165, 1.54) is 7.11 Å². The van der Waals surface area contributed by atoms with Crippen LogP contribution in [0.5, 0.6) is 5.75 Å². The molecule has 2 rings (SSSR count). The topological polar surface area (TPSA) is 207 Å². The number of para-hydroxylation sites is 1. The Morgan fingerprint density at radius 1 is 1.28 bits per heavy atom. The van der Waals surface area contributed by atoms with Gasteiger partial charge < -0.3 is 25.1 Å². The van der Waals surface area contributed by atoms with Gasteiger partial charge in [-0.25, -0.2) is 0 Å². The van der Waals surface area contributed by atoms with Gasteiger partial charge in [0.1, 0.15) is 17.8 Å². The molecule has 0 aliphatic heterocycles. The van der Waals surface area contributed by atoms with Gasteiger partial charge in [0.05, 0.1) is 25.7 Å². The Balaban J connectivity index is 2.30. The normalized spacial score (nSPS) is 13.6. The monoisotopic (exact) mass is 429 g/mol. The quantitative estimate of drug-likeness (QED) is 0.280. The van der Waals surface area contributed by atoms with Crippen LogP contribution in [0, 0.1) is 0 Å². The number of ether oxygens (including phenoxy) is 1. The average molecular weight is 429 g/mol. The summed E-state index contributed by atoms with van der Waals surface area (Å²) in [6, 6.07) is 3.51. The van der Waals surface area contributed by atoms with Gasteiger partial charge in [-0.05, 0) is 12.1 Å². The third-order valence-corrected chi connectivity index (χ3v) is 4.75. The minimum Gasteiger partial charge on any atom is -0.496 e. The largest absolute Gasteiger partial charge is 0.496 e. The molecule has 0 saturated carbocycles. The molecule has 0 radical (unpaired) electrons. The van der Waals surface area contributed by atoms with Crippen LogP contribution in [0.4, 0.5) is 0 Å². The number of primary amides is 1. The van der Waals surface area contributed by atoms with E-state index >= 15 is 0 Å². The van der Waals surface area contributed by atoms with Gasteiger partial charge in [0, 0.05) is 0 Å². The molecule has 1 heterocycles. The number of carboxylic acids is 1. The Labute approximate surface area is 165 Å². The number of methoxy groups -OCH3 is 1. The van der Waals surface area contributed by atoms with Crippen molar-refractivity contribution >= 4 is 22.1 Å². The highest BCUT2D eigenvalue weighted by molar-refractivity contribution is 7.87. The number of aliphatic hydroxyl groups is 1. The van der Waals surface area contributed by atoms with E-state index in [1.54, 1.807) is 29.0 Å². The third-order valence-electron chi connectivity index (χ3n) is 3.56. The van der Waals surface area contributed by atoms with Crippen molar-refractivity contribution in [2.45, 2.75) is 18.5 Å². The highest BCUT2D eigenvalue weighted by Crippen LogP contribution is 2.30. The van der Waals surface area contributed by atoms with Gasteiger partial charge >= 0.3 is 5.97 Å². The van der Waals surface area contributed by atoms with Crippen LogP contribution in [0.2, 0.25) is 0 Å². The lowest BCUT2D eigenvalue weighted by atomic mass is 10.2. The highest BCUT2D eigenvalue weighted by Gasteiger charge is 2.30. The summed E-state index contributed by atoms with van der Waals surface area (Å²) in [5, 5.41) is 25.4. The SMILES string of the molecule is COc1ccccc1-c1nnc([C@H](CC(N)=O)NS(=O)(=O)N[C@@H](CO)C(=O)O)o1. The molecule has 0 saturated heterocycles. The van der Waals surface area contributed by atoms with Crippen molar-refractivity contribution in [2.24, 2.45) is 5.73 Å². The molecule has 2 aromatic rings. The molecule has 14 heteroatoms. The Hall–Kier alpha value is -3.07. The first kappa shape index (κ1) is 22.2. The van der Waals surface area contributed by atoms with Crippen LogP contribution in [0.15, 0.2) is 28.7 Å². The fraction of sp³-hybridized carbons (Fsp3) is 0.333. The predicted octanol–water partition coefficient (Wildman–Crippen LogP) is -1.47. The van der Waals surface area contributed by atoms with E-state index < -0.39 is 47.2 Å². The molecule has 29 heavy (non-hydrogen) atoms. The van der Waals surface area contributed by atoms with E-state index in [-0.39, 0.29) is 11.8 Å². The van der Waals surface area contributed by atoms with E-state index in [4.69, 9.17) is 25.1 Å². The van der Waals surface area contributed by atoms with Gasteiger partial charge in [0.2, 0.25) is 11.8 Å². The summed E-state index contributed by atoms with van der Waals surface area (Å²) in [5.74, 6) is -2.35. The molecule has 1 aromatic carbocycles. The summed E-state index contributed by atoms with van der Waals surface area (Å²) >= 11 is 0. The zero-order valence-electron chi connectivity index (χ0n) is 15.1. The molecule has 1 amide bonds. The highest BCUT2D eigenvalue weighted by atomic mass is 32.2. The molecular formula is C15H19N5O8S. The van der Waals surface area contributed by atoms with E-state index in [0.29, 0.717) is 11.3 Å². The molecule has 0 unspecified atom stereocenters. The van der Waals surface area contributed by atoms with Crippen molar-refractivity contribution < 1.29 is 37.4 Å². The first-order valence-corrected chi connectivity index (χ1v) is 9.53. The average Bonchev–Trinajstić information content (AvgIpc) is 3.14. The molecular weight excluding hydrogens is 410 g/mol. The van der Waals surface area contributed by atoms with Gasteiger partial charge in [-0.15, -0.1) is 10.2 Å². The number of benzene rings is 1. The maximum Gasteiger partial charge on any atom is 0.324 e. The van der Waals surface area contributed by atoms with Gasteiger partial charge in [-0.2, -0.15) is 17.9 Å². The number of carbonyl (C=O) groups excluding carboxylic acids is 1. The summed E-state index contributed by atoms with van der Waals surface area (Å²) in [5.41, 5.74) is 5.58. The van der Waals surface area contributed by atoms with Crippen LogP contribution < -0.4 is 19.9 Å². The van der Waals surface area contributed by atoms with E-state index in [0.717, 1.165) is 0 Å². The van der Waals surface area contributed by atoms with Crippen molar-refractivity contribution in [3.63, 3.8) is 0 Å². The number of amides is 1. The lowest BCUT2D eigenvalue weighted by Gasteiger charge is -2.17. The first-order chi connectivity index (χ1) is 13.7. The lowest BCUT2D eigenvalue weighted by molar-refractivity contribution is -0.139. The van der Waals surface area contributed by atoms with Crippen molar-refractivity contribution in [2.75, 3.05) is 13.7 Å². The number of aliphatic hydroxyl groups excluding tert-OH is 1. The fourth-order valence-electron chi connectivity index (χ4n) is 2.26. The van der Waals surface area contributed by atoms with E-state index in [2.05, 4.69) is 10.2 Å². The summed E-state index contributed by atoms with van der Waals surface area (Å²) in [6.07, 6.45) is -0.550. The van der Waals surface area contributed by atoms with Crippen molar-refractivity contribution in [3.05, 3.63) is 30.2 Å². The minimum absolute atomic E-state index is 0.00199. The molecule has 0 fully saturated rings. The van der Waals surface area contributed by atoms with Gasteiger partial charge in [-0.3, -0.25) is 9.59 Å². The number of aliphatic carboxylic acids is 1. The molecule has 0 spiro atoms. The molecule has 0 bridgehead atoms. The third kappa shape index (κ3) is 5.95. The maximum atomic E-state index is 12.2. The number of carbonyl (C=O) groups is 2. The number of hydrogen-bond acceptors (Lipinski definition) is 9. The van der Waals surface area contributed by atoms with Crippen LogP contribution in [-0.2, 0) is 19.8 Å². The second-order valence-electron chi connectivity index (χ2n) is 5.68. The zero-order chi connectivity index (χ0) is 21.6. The summed E-state index contributed by atoms with van der Waals surface area (Å²) < 4.78 is 38.8. The Morgan fingerprint density at radius 2 is 1.97 bits per heavy atom. The summed E-state index contributed by atoms with van der Waals surface area (Å²) in [7, 11) is -3.06. The minimum atomic E-state index is -4.50. The molecule has 6 N–H and O–H groups in total. The number of hydrogen-bond donors (Lipinski definition) is 5. The second kappa shape index (κ2) is 9.42. The molecule has 13 nitrogen and oxygen atoms in total. The number of nitrogens with zero attached hydrogens (tertiary/aromatic N) is 2. The van der Waals surface area contributed by atoms with Gasteiger partial charge in [0.15, 0.2) is 0 Å². The number of carboxylic acid groups (broad SMARTS) is 1. The van der Waals surface area contributed by atoms with E-state index in [1.807, 2.05) is 4.72 Å². The standard InChI is InChI=1S/C15H19N5O8S/c1-27-11-5-3-2-4-8(11)13-17-18-14(28-13)9(6-12(16)22)19-29(25,26)20-10(7-21)15(23)24/h2-5,9-10,19-21H,6-7H2,1H3,(H2,16,22)(H,23,24)/t9-,10-/m0/s1. The van der Waals surface area contributed by atoms with E-state index in [9.17, 15) is 18.0 Å². The fourth-order valence-corrected chi connectivity index (χ4v) is 3.44. The maximum absolute atomic E-state index is 12.2. The number of aromatic nitrogens is 2. The number of nitrogens with one attached hydrogen (secondary N) is 2. The van der Waals surface area contributed by atoms with Crippen LogP contribution in [-0.4, -0.2) is 60.5 Å². The lowest BCUT2D eigenvalue weighted by Crippen LogP contribution is -2.49. The second-order valence-corrected chi connectivity index (χ2v) is 7.16. The number of rotatable bonds is 11. The molecule has 0 aliphatic carbocycles. The van der Waals surface area contributed by atoms with Crippen LogP contribution >= 0.6 is 0 Å². The molecule has 1 aromatic heterocycles. The predicted molar refractivity (Wildman–Crippen MR) is 96.5 cm³/mol. The summed E-state index contributed by atoms with van der Waals surface area (Å²) in [4.78, 5) is 22.3. The van der Waals surface area contributed by atoms with Crippen molar-refractivity contribution in [3.8, 4) is 17.2 Å². The van der Waals surface area contributed by atoms with Crippen LogP contribution in [0.1, 0.15) is 18.4 Å². The van der Waals surface area contributed by atoms with Crippen LogP contribution in [0.25, 0.3) is 11.5 Å². The van der Waals surface area contributed by atoms with Gasteiger partial charge in [0.25, 0.3) is 16.1 Å². The van der Waals surface area contributed by atoms with Crippen molar-refractivity contribution in [1.29, 1.82) is 0 Å². The molecule has 158 valence electrons. The van der Waals surface area contributed by atoms with Gasteiger partial charge in [-0.1, -0.05) is 12.1 Å². The van der Waals surface area contributed by atoms with Crippen LogP contribution in [0.3, 0.4) is 0 Å². The molecule has 0 aliphatic rings. The Kier molecular flexibility index (Phi) is 7.22. The summed E-state index contributed by atoms with van der Waals surface area (Å²) in [6.45, 7) is -0.991. The van der Waals surface area contributed by atoms with Crippen molar-refractivity contribution in [1.82, 2.24) is 19.6 Å². The Bertz CT molecular complexity index is 977. The molecule has 2 atom stereocenters. The smallest absolute Gasteiger partial charge is 0.324 e. The number of nitrogens with two attached hydrogens (primary N) is 1. The zero-order valence-corrected chi connectivity index (χ0v) is 15.9. The Morgan fingerprint density at radius 3 is 2.55 bits per heavy atom.